The van der Waals surface area contributed by atoms with E-state index < -0.39 is 30.7 Å². The Kier molecular flexibility index (Phi) is 5.36. The van der Waals surface area contributed by atoms with Crippen molar-refractivity contribution >= 4 is 17.4 Å². The van der Waals surface area contributed by atoms with Crippen LogP contribution in [-0.2, 0) is 4.79 Å². The van der Waals surface area contributed by atoms with Gasteiger partial charge in [0.1, 0.15) is 18.3 Å². The Hall–Kier alpha value is -0.200. The van der Waals surface area contributed by atoms with E-state index >= 15 is 0 Å². The maximum absolute atomic E-state index is 10.8. The van der Waals surface area contributed by atoms with E-state index in [2.05, 4.69) is 0 Å². The topological polar surface area (TPSA) is 98.0 Å². The summed E-state index contributed by atoms with van der Waals surface area (Å²) >= 11 is 5.13. The molecule has 0 radical (unpaired) electrons. The molecular formula is C6H11ClO5. The van der Waals surface area contributed by atoms with Crippen LogP contribution in [0.4, 0.5) is 0 Å². The fraction of sp³-hybridized carbons (Fsp3) is 0.833. The third-order valence-corrected chi connectivity index (χ3v) is 1.63. The smallest absolute Gasteiger partial charge is 0.194 e. The molecule has 0 aromatic heterocycles. The SMILES string of the molecule is O=C([C@@H](O)CO)[C@H](O)[C@H](O)CCl. The van der Waals surface area contributed by atoms with Gasteiger partial charge < -0.3 is 20.4 Å². The summed E-state index contributed by atoms with van der Waals surface area (Å²) in [6.07, 6.45) is -4.83. The van der Waals surface area contributed by atoms with Crippen molar-refractivity contribution in [3.63, 3.8) is 0 Å². The number of ketones is 1. The molecule has 0 bridgehead atoms. The fourth-order valence-electron chi connectivity index (χ4n) is 0.561. The summed E-state index contributed by atoms with van der Waals surface area (Å²) < 4.78 is 0. The van der Waals surface area contributed by atoms with Crippen LogP contribution in [0.3, 0.4) is 0 Å². The van der Waals surface area contributed by atoms with Crippen molar-refractivity contribution in [1.29, 1.82) is 0 Å². The predicted octanol–water partition coefficient (Wildman–Crippen LogP) is -2.13. The van der Waals surface area contributed by atoms with Gasteiger partial charge in [-0.15, -0.1) is 11.6 Å². The summed E-state index contributed by atoms with van der Waals surface area (Å²) in [5.41, 5.74) is 0. The van der Waals surface area contributed by atoms with Gasteiger partial charge in [-0.1, -0.05) is 0 Å². The van der Waals surface area contributed by atoms with Crippen LogP contribution in [-0.4, -0.2) is 57.0 Å². The summed E-state index contributed by atoms with van der Waals surface area (Å²) in [6.45, 7) is -0.787. The zero-order valence-electron chi connectivity index (χ0n) is 6.22. The molecule has 0 aliphatic carbocycles. The van der Waals surface area contributed by atoms with Gasteiger partial charge in [0.25, 0.3) is 0 Å². The maximum Gasteiger partial charge on any atom is 0.194 e. The highest BCUT2D eigenvalue weighted by molar-refractivity contribution is 6.18. The number of halogens is 1. The molecular weight excluding hydrogens is 188 g/mol. The van der Waals surface area contributed by atoms with Crippen LogP contribution in [0.2, 0.25) is 0 Å². The van der Waals surface area contributed by atoms with Crippen molar-refractivity contribution in [2.24, 2.45) is 0 Å². The molecule has 0 aromatic carbocycles. The lowest BCUT2D eigenvalue weighted by atomic mass is 10.1. The molecule has 0 aliphatic heterocycles. The summed E-state index contributed by atoms with van der Waals surface area (Å²) in [4.78, 5) is 10.8. The zero-order valence-corrected chi connectivity index (χ0v) is 6.98. The average molecular weight is 199 g/mol. The van der Waals surface area contributed by atoms with Crippen LogP contribution >= 0.6 is 11.6 Å². The molecule has 72 valence electrons. The van der Waals surface area contributed by atoms with E-state index in [1.54, 1.807) is 0 Å². The lowest BCUT2D eigenvalue weighted by molar-refractivity contribution is -0.142. The van der Waals surface area contributed by atoms with Crippen LogP contribution in [0.25, 0.3) is 0 Å². The number of carbonyl (C=O) groups excluding carboxylic acids is 1. The first-order valence-electron chi connectivity index (χ1n) is 3.29. The van der Waals surface area contributed by atoms with Gasteiger partial charge in [-0.25, -0.2) is 0 Å². The normalized spacial score (nSPS) is 18.4. The molecule has 0 saturated carbocycles. The minimum Gasteiger partial charge on any atom is -0.393 e. The van der Waals surface area contributed by atoms with Crippen LogP contribution < -0.4 is 0 Å². The standard InChI is InChI=1S/C6H11ClO5/c7-1-3(9)5(11)6(12)4(10)2-8/h3-5,8-11H,1-2H2/t3-,4+,5-/m1/s1. The van der Waals surface area contributed by atoms with E-state index in [9.17, 15) is 4.79 Å². The van der Waals surface area contributed by atoms with Crippen LogP contribution in [0.1, 0.15) is 0 Å². The average Bonchev–Trinajstić information content (AvgIpc) is 2.12. The van der Waals surface area contributed by atoms with Crippen molar-refractivity contribution in [3.8, 4) is 0 Å². The summed E-state index contributed by atoms with van der Waals surface area (Å²) in [5.74, 6) is -1.35. The van der Waals surface area contributed by atoms with Gasteiger partial charge in [-0.05, 0) is 0 Å². The van der Waals surface area contributed by atoms with E-state index in [-0.39, 0.29) is 5.88 Å². The molecule has 0 rings (SSSR count). The number of aliphatic hydroxyl groups excluding tert-OH is 4. The number of hydrogen-bond donors (Lipinski definition) is 4. The molecule has 4 N–H and O–H groups in total. The molecule has 0 unspecified atom stereocenters. The Morgan fingerprint density at radius 3 is 2.17 bits per heavy atom. The Morgan fingerprint density at radius 1 is 1.33 bits per heavy atom. The van der Waals surface area contributed by atoms with Crippen molar-refractivity contribution in [1.82, 2.24) is 0 Å². The van der Waals surface area contributed by atoms with E-state index in [0.29, 0.717) is 0 Å². The lowest BCUT2D eigenvalue weighted by Gasteiger charge is -2.16. The first kappa shape index (κ1) is 11.8. The second kappa shape index (κ2) is 5.45. The third kappa shape index (κ3) is 3.04. The minimum absolute atomic E-state index is 0.314. The lowest BCUT2D eigenvalue weighted by Crippen LogP contribution is -2.42. The highest BCUT2D eigenvalue weighted by Gasteiger charge is 2.28. The first-order chi connectivity index (χ1) is 5.54. The number of Topliss-reactive ketones (excluding diaryl/α,β-unsaturated/α-hetero) is 1. The van der Waals surface area contributed by atoms with Gasteiger partial charge in [-0.2, -0.15) is 0 Å². The van der Waals surface area contributed by atoms with Crippen LogP contribution in [0.15, 0.2) is 0 Å². The second-order valence-corrected chi connectivity index (χ2v) is 2.58. The van der Waals surface area contributed by atoms with E-state index in [0.717, 1.165) is 0 Å². The molecule has 5 nitrogen and oxygen atoms in total. The van der Waals surface area contributed by atoms with E-state index in [1.165, 1.54) is 0 Å². The van der Waals surface area contributed by atoms with Gasteiger partial charge in [0, 0.05) is 0 Å². The van der Waals surface area contributed by atoms with Gasteiger partial charge in [0.05, 0.1) is 12.5 Å². The maximum atomic E-state index is 10.8. The monoisotopic (exact) mass is 198 g/mol. The molecule has 0 fully saturated rings. The number of alkyl halides is 1. The molecule has 0 heterocycles. The summed E-state index contributed by atoms with van der Waals surface area (Å²) in [7, 11) is 0. The molecule has 6 heteroatoms. The summed E-state index contributed by atoms with van der Waals surface area (Å²) in [6, 6.07) is 0. The largest absolute Gasteiger partial charge is 0.393 e. The van der Waals surface area contributed by atoms with Gasteiger partial charge >= 0.3 is 0 Å². The van der Waals surface area contributed by atoms with Crippen LogP contribution in [0.5, 0.6) is 0 Å². The second-order valence-electron chi connectivity index (χ2n) is 2.27. The molecule has 0 aliphatic rings. The fourth-order valence-corrected chi connectivity index (χ4v) is 0.730. The van der Waals surface area contributed by atoms with Crippen molar-refractivity contribution < 1.29 is 25.2 Å². The van der Waals surface area contributed by atoms with Crippen molar-refractivity contribution in [2.75, 3.05) is 12.5 Å². The zero-order chi connectivity index (χ0) is 9.72. The number of carbonyl (C=O) groups is 1. The van der Waals surface area contributed by atoms with Crippen molar-refractivity contribution in [2.45, 2.75) is 18.3 Å². The van der Waals surface area contributed by atoms with E-state index in [1.807, 2.05) is 0 Å². The van der Waals surface area contributed by atoms with Gasteiger partial charge in [-0.3, -0.25) is 4.79 Å². The molecule has 3 atom stereocenters. The summed E-state index contributed by atoms with van der Waals surface area (Å²) in [5, 5.41) is 34.8. The number of aliphatic hydroxyl groups is 4. The quantitative estimate of drug-likeness (QED) is 0.379. The highest BCUT2D eigenvalue weighted by atomic mass is 35.5. The molecule has 0 aromatic rings. The highest BCUT2D eigenvalue weighted by Crippen LogP contribution is 2.00. The number of rotatable bonds is 5. The Morgan fingerprint density at radius 2 is 1.83 bits per heavy atom. The minimum atomic E-state index is -1.75. The Balaban J connectivity index is 4.09. The first-order valence-corrected chi connectivity index (χ1v) is 3.82. The Bertz CT molecular complexity index is 151. The van der Waals surface area contributed by atoms with Gasteiger partial charge in [0.2, 0.25) is 0 Å². The Labute approximate surface area is 74.2 Å². The van der Waals surface area contributed by atoms with Gasteiger partial charge in [0.15, 0.2) is 5.78 Å². The molecule has 0 spiro atoms. The molecule has 12 heavy (non-hydrogen) atoms. The predicted molar refractivity (Wildman–Crippen MR) is 40.8 cm³/mol. The third-order valence-electron chi connectivity index (χ3n) is 1.32. The molecule has 0 saturated heterocycles. The van der Waals surface area contributed by atoms with E-state index in [4.69, 9.17) is 32.0 Å². The van der Waals surface area contributed by atoms with Crippen molar-refractivity contribution in [3.05, 3.63) is 0 Å². The van der Waals surface area contributed by atoms with Crippen LogP contribution in [0, 0.1) is 0 Å². The number of hydrogen-bond acceptors (Lipinski definition) is 5. The molecule has 0 amide bonds.